The molecule has 1 aliphatic rings. The third-order valence-corrected chi connectivity index (χ3v) is 4.38. The first-order valence-electron chi connectivity index (χ1n) is 5.22. The summed E-state index contributed by atoms with van der Waals surface area (Å²) in [6, 6.07) is 5.61. The van der Waals surface area contributed by atoms with Gasteiger partial charge in [0.05, 0.1) is 10.8 Å². The smallest absolute Gasteiger partial charge is 0.276 e. The third-order valence-electron chi connectivity index (χ3n) is 2.53. The predicted octanol–water partition coefficient (Wildman–Crippen LogP) is 2.55. The van der Waals surface area contributed by atoms with Crippen LogP contribution in [0.15, 0.2) is 28.1 Å². The number of hydrogen-bond acceptors (Lipinski definition) is 5. The number of thioether (sulfide) groups is 1. The van der Waals surface area contributed by atoms with E-state index in [2.05, 4.69) is 5.16 Å². The van der Waals surface area contributed by atoms with Crippen molar-refractivity contribution in [2.75, 3.05) is 18.2 Å². The van der Waals surface area contributed by atoms with Gasteiger partial charge < -0.3 is 9.42 Å². The molecule has 0 aromatic carbocycles. The zero-order valence-electron chi connectivity index (χ0n) is 8.96. The third kappa shape index (κ3) is 2.10. The van der Waals surface area contributed by atoms with E-state index in [1.165, 1.54) is 0 Å². The average molecular weight is 266 g/mol. The van der Waals surface area contributed by atoms with E-state index in [0.717, 1.165) is 23.1 Å². The van der Waals surface area contributed by atoms with Crippen LogP contribution in [0.2, 0.25) is 0 Å². The van der Waals surface area contributed by atoms with Crippen LogP contribution in [-0.2, 0) is 0 Å². The Labute approximate surface area is 107 Å². The molecular weight excluding hydrogens is 256 g/mol. The molecule has 3 heterocycles. The molecule has 0 aliphatic carbocycles. The van der Waals surface area contributed by atoms with Gasteiger partial charge in [-0.15, -0.1) is 23.1 Å². The van der Waals surface area contributed by atoms with Gasteiger partial charge >= 0.3 is 0 Å². The highest BCUT2D eigenvalue weighted by Gasteiger charge is 2.23. The lowest BCUT2D eigenvalue weighted by molar-refractivity contribution is 0.0792. The molecule has 1 fully saturated rings. The van der Waals surface area contributed by atoms with Gasteiger partial charge in [0.15, 0.2) is 11.5 Å². The number of carbonyl (C=O) groups excluding carboxylic acids is 1. The number of rotatable bonds is 2. The van der Waals surface area contributed by atoms with Crippen LogP contribution in [0.5, 0.6) is 0 Å². The lowest BCUT2D eigenvalue weighted by atomic mass is 10.3. The molecule has 0 bridgehead atoms. The van der Waals surface area contributed by atoms with Crippen LogP contribution in [-0.4, -0.2) is 34.1 Å². The Balaban J connectivity index is 1.82. The predicted molar refractivity (Wildman–Crippen MR) is 68.2 cm³/mol. The van der Waals surface area contributed by atoms with Crippen molar-refractivity contribution in [3.8, 4) is 10.6 Å². The molecule has 1 saturated heterocycles. The maximum atomic E-state index is 12.0. The van der Waals surface area contributed by atoms with Crippen molar-refractivity contribution in [3.63, 3.8) is 0 Å². The molecule has 0 radical (unpaired) electrons. The molecule has 88 valence electrons. The molecule has 2 aromatic rings. The summed E-state index contributed by atoms with van der Waals surface area (Å²) in [5.41, 5.74) is 0.399. The van der Waals surface area contributed by atoms with Crippen molar-refractivity contribution in [1.29, 1.82) is 0 Å². The van der Waals surface area contributed by atoms with Crippen molar-refractivity contribution in [2.45, 2.75) is 0 Å². The highest BCUT2D eigenvalue weighted by molar-refractivity contribution is 7.99. The van der Waals surface area contributed by atoms with E-state index < -0.39 is 0 Å². The summed E-state index contributed by atoms with van der Waals surface area (Å²) in [6.45, 7) is 0.796. The van der Waals surface area contributed by atoms with Crippen molar-refractivity contribution < 1.29 is 9.32 Å². The van der Waals surface area contributed by atoms with Crippen LogP contribution < -0.4 is 0 Å². The zero-order chi connectivity index (χ0) is 11.7. The fraction of sp³-hybridized carbons (Fsp3) is 0.273. The number of amides is 1. The first-order chi connectivity index (χ1) is 8.34. The number of nitrogens with zero attached hydrogens (tertiary/aromatic N) is 2. The summed E-state index contributed by atoms with van der Waals surface area (Å²) in [5, 5.41) is 5.82. The number of hydrogen-bond donors (Lipinski definition) is 0. The van der Waals surface area contributed by atoms with Gasteiger partial charge in [0.1, 0.15) is 0 Å². The zero-order valence-corrected chi connectivity index (χ0v) is 10.6. The molecule has 1 aliphatic heterocycles. The van der Waals surface area contributed by atoms with Gasteiger partial charge in [-0.25, -0.2) is 0 Å². The Morgan fingerprint density at radius 1 is 1.53 bits per heavy atom. The molecule has 6 heteroatoms. The van der Waals surface area contributed by atoms with E-state index in [-0.39, 0.29) is 5.91 Å². The average Bonchev–Trinajstić information content (AvgIpc) is 3.09. The van der Waals surface area contributed by atoms with Crippen LogP contribution in [0.1, 0.15) is 10.5 Å². The van der Waals surface area contributed by atoms with Gasteiger partial charge in [-0.05, 0) is 11.4 Å². The van der Waals surface area contributed by atoms with E-state index in [0.29, 0.717) is 11.5 Å². The van der Waals surface area contributed by atoms with Crippen molar-refractivity contribution in [1.82, 2.24) is 10.1 Å². The van der Waals surface area contributed by atoms with Crippen LogP contribution in [0, 0.1) is 0 Å². The topological polar surface area (TPSA) is 46.3 Å². The standard InChI is InChI=1S/C11H10N2O2S2/c14-11(13-3-5-16-7-13)8-6-9(15-12-8)10-2-1-4-17-10/h1-2,4,6H,3,5,7H2. The van der Waals surface area contributed by atoms with Gasteiger partial charge in [-0.2, -0.15) is 0 Å². The minimum Gasteiger partial charge on any atom is -0.355 e. The van der Waals surface area contributed by atoms with Crippen molar-refractivity contribution in [2.24, 2.45) is 0 Å². The molecule has 0 N–H and O–H groups in total. The van der Waals surface area contributed by atoms with E-state index in [4.69, 9.17) is 4.52 Å². The van der Waals surface area contributed by atoms with Gasteiger partial charge in [0.25, 0.3) is 5.91 Å². The minimum atomic E-state index is -0.0402. The molecule has 0 spiro atoms. The van der Waals surface area contributed by atoms with E-state index in [9.17, 15) is 4.79 Å². The maximum absolute atomic E-state index is 12.0. The number of thiophene rings is 1. The second kappa shape index (κ2) is 4.54. The Morgan fingerprint density at radius 2 is 2.47 bits per heavy atom. The summed E-state index contributed by atoms with van der Waals surface area (Å²) >= 11 is 3.33. The normalized spacial score (nSPS) is 15.4. The van der Waals surface area contributed by atoms with E-state index in [1.54, 1.807) is 34.1 Å². The molecule has 3 rings (SSSR count). The largest absolute Gasteiger partial charge is 0.355 e. The van der Waals surface area contributed by atoms with Gasteiger partial charge in [0, 0.05) is 18.4 Å². The fourth-order valence-electron chi connectivity index (χ4n) is 1.65. The maximum Gasteiger partial charge on any atom is 0.276 e. The van der Waals surface area contributed by atoms with Crippen LogP contribution in [0.3, 0.4) is 0 Å². The van der Waals surface area contributed by atoms with Crippen molar-refractivity contribution >= 4 is 29.0 Å². The van der Waals surface area contributed by atoms with Crippen molar-refractivity contribution in [3.05, 3.63) is 29.3 Å². The molecular formula is C11H10N2O2S2. The lowest BCUT2D eigenvalue weighted by Gasteiger charge is -2.11. The summed E-state index contributed by atoms with van der Waals surface area (Å²) in [4.78, 5) is 14.8. The van der Waals surface area contributed by atoms with E-state index >= 15 is 0 Å². The minimum absolute atomic E-state index is 0.0402. The summed E-state index contributed by atoms with van der Waals surface area (Å²) in [6.07, 6.45) is 0. The highest BCUT2D eigenvalue weighted by atomic mass is 32.2. The van der Waals surface area contributed by atoms with Crippen LogP contribution in [0.25, 0.3) is 10.6 Å². The quantitative estimate of drug-likeness (QED) is 0.838. The van der Waals surface area contributed by atoms with Gasteiger partial charge in [0.2, 0.25) is 0 Å². The molecule has 4 nitrogen and oxygen atoms in total. The Hall–Kier alpha value is -1.27. The molecule has 1 amide bonds. The summed E-state index contributed by atoms with van der Waals surface area (Å²) in [5.74, 6) is 2.37. The molecule has 0 saturated carbocycles. The van der Waals surface area contributed by atoms with Gasteiger partial charge in [-0.3, -0.25) is 4.79 Å². The molecule has 2 aromatic heterocycles. The molecule has 0 unspecified atom stereocenters. The fourth-order valence-corrected chi connectivity index (χ4v) is 3.27. The number of carbonyl (C=O) groups is 1. The highest BCUT2D eigenvalue weighted by Crippen LogP contribution is 2.26. The Bertz CT molecular complexity index is 515. The Morgan fingerprint density at radius 3 is 3.18 bits per heavy atom. The molecule has 17 heavy (non-hydrogen) atoms. The van der Waals surface area contributed by atoms with Crippen LogP contribution >= 0.6 is 23.1 Å². The van der Waals surface area contributed by atoms with E-state index in [1.807, 2.05) is 17.5 Å². The monoisotopic (exact) mass is 266 g/mol. The van der Waals surface area contributed by atoms with Gasteiger partial charge in [-0.1, -0.05) is 11.2 Å². The SMILES string of the molecule is O=C(c1cc(-c2cccs2)on1)N1CCSC1. The second-order valence-corrected chi connectivity index (χ2v) is 5.68. The lowest BCUT2D eigenvalue weighted by Crippen LogP contribution is -2.27. The second-order valence-electron chi connectivity index (χ2n) is 3.66. The summed E-state index contributed by atoms with van der Waals surface area (Å²) in [7, 11) is 0. The Kier molecular flexibility index (Phi) is 2.90. The van der Waals surface area contributed by atoms with Crippen LogP contribution in [0.4, 0.5) is 0 Å². The molecule has 0 atom stereocenters. The first-order valence-corrected chi connectivity index (χ1v) is 7.25. The first kappa shape index (κ1) is 10.9. The number of aromatic nitrogens is 1. The summed E-state index contributed by atoms with van der Waals surface area (Å²) < 4.78 is 5.20.